The summed E-state index contributed by atoms with van der Waals surface area (Å²) in [6.07, 6.45) is -0.524. The number of hydrogen-bond donors (Lipinski definition) is 3. The van der Waals surface area contributed by atoms with Crippen LogP contribution in [0.4, 0.5) is 14.5 Å². The van der Waals surface area contributed by atoms with E-state index in [4.69, 9.17) is 5.84 Å². The SMILES string of the molecule is CCC(O)N(Cc1ccc(C(=O)NN)cc1F)c1cccc(F)c1. The van der Waals surface area contributed by atoms with Gasteiger partial charge in [0.2, 0.25) is 0 Å². The number of nitrogens with zero attached hydrogens (tertiary/aromatic N) is 1. The van der Waals surface area contributed by atoms with Crippen LogP contribution in [0.15, 0.2) is 42.5 Å². The Morgan fingerprint density at radius 3 is 2.62 bits per heavy atom. The van der Waals surface area contributed by atoms with Gasteiger partial charge in [0.15, 0.2) is 0 Å². The number of nitrogen functional groups attached to an aromatic ring is 1. The van der Waals surface area contributed by atoms with Crippen molar-refractivity contribution in [3.63, 3.8) is 0 Å². The summed E-state index contributed by atoms with van der Waals surface area (Å²) in [4.78, 5) is 12.9. The van der Waals surface area contributed by atoms with Crippen LogP contribution < -0.4 is 16.2 Å². The monoisotopic (exact) mass is 335 g/mol. The summed E-state index contributed by atoms with van der Waals surface area (Å²) in [6, 6.07) is 9.66. The van der Waals surface area contributed by atoms with E-state index in [2.05, 4.69) is 0 Å². The molecule has 7 heteroatoms. The zero-order valence-electron chi connectivity index (χ0n) is 13.2. The Bertz CT molecular complexity index is 725. The van der Waals surface area contributed by atoms with Crippen LogP contribution in [-0.2, 0) is 6.54 Å². The number of aliphatic hydroxyl groups is 1. The van der Waals surface area contributed by atoms with E-state index in [1.807, 2.05) is 5.43 Å². The second kappa shape index (κ2) is 7.85. The van der Waals surface area contributed by atoms with Crippen LogP contribution in [0.1, 0.15) is 29.3 Å². The third-order valence-electron chi connectivity index (χ3n) is 3.65. The van der Waals surface area contributed by atoms with Crippen LogP contribution in [0, 0.1) is 11.6 Å². The summed E-state index contributed by atoms with van der Waals surface area (Å²) in [5, 5.41) is 10.2. The summed E-state index contributed by atoms with van der Waals surface area (Å²) in [7, 11) is 0. The number of rotatable bonds is 6. The van der Waals surface area contributed by atoms with Crippen LogP contribution in [0.5, 0.6) is 0 Å². The molecule has 0 aliphatic heterocycles. The highest BCUT2D eigenvalue weighted by Gasteiger charge is 2.18. The minimum Gasteiger partial charge on any atom is -0.374 e. The number of nitrogens with two attached hydrogens (primary N) is 1. The Labute approximate surface area is 138 Å². The molecule has 2 aromatic carbocycles. The van der Waals surface area contributed by atoms with Crippen molar-refractivity contribution >= 4 is 11.6 Å². The number of halogens is 2. The number of nitrogens with one attached hydrogen (secondary N) is 1. The van der Waals surface area contributed by atoms with Crippen molar-refractivity contribution in [3.05, 3.63) is 65.2 Å². The number of carbonyl (C=O) groups is 1. The summed E-state index contributed by atoms with van der Waals surface area (Å²) < 4.78 is 27.7. The van der Waals surface area contributed by atoms with Crippen molar-refractivity contribution in [1.82, 2.24) is 5.43 Å². The Morgan fingerprint density at radius 1 is 1.29 bits per heavy atom. The molecule has 2 aromatic rings. The number of anilines is 1. The highest BCUT2D eigenvalue weighted by molar-refractivity contribution is 5.93. The van der Waals surface area contributed by atoms with Gasteiger partial charge in [-0.25, -0.2) is 14.6 Å². The van der Waals surface area contributed by atoms with Gasteiger partial charge in [0.25, 0.3) is 5.91 Å². The zero-order chi connectivity index (χ0) is 17.7. The molecule has 4 N–H and O–H groups in total. The molecule has 0 aromatic heterocycles. The molecule has 0 spiro atoms. The third-order valence-corrected chi connectivity index (χ3v) is 3.65. The molecule has 1 atom stereocenters. The third kappa shape index (κ3) is 4.06. The highest BCUT2D eigenvalue weighted by Crippen LogP contribution is 2.23. The first-order valence-corrected chi connectivity index (χ1v) is 7.46. The van der Waals surface area contributed by atoms with Crippen molar-refractivity contribution in [2.75, 3.05) is 4.90 Å². The smallest absolute Gasteiger partial charge is 0.265 e. The Morgan fingerprint density at radius 2 is 2.04 bits per heavy atom. The van der Waals surface area contributed by atoms with Gasteiger partial charge in [-0.15, -0.1) is 0 Å². The quantitative estimate of drug-likeness (QED) is 0.328. The Hall–Kier alpha value is -2.51. The Balaban J connectivity index is 2.32. The predicted molar refractivity (Wildman–Crippen MR) is 86.9 cm³/mol. The van der Waals surface area contributed by atoms with Gasteiger partial charge in [0.05, 0.1) is 0 Å². The van der Waals surface area contributed by atoms with Crippen molar-refractivity contribution in [2.24, 2.45) is 5.84 Å². The molecular formula is C17H19F2N3O2. The maximum Gasteiger partial charge on any atom is 0.265 e. The number of benzene rings is 2. The van der Waals surface area contributed by atoms with Crippen LogP contribution in [0.3, 0.4) is 0 Å². The lowest BCUT2D eigenvalue weighted by Gasteiger charge is -2.30. The second-order valence-corrected chi connectivity index (χ2v) is 5.28. The molecule has 0 bridgehead atoms. The van der Waals surface area contributed by atoms with Gasteiger partial charge < -0.3 is 10.0 Å². The normalized spacial score (nSPS) is 11.9. The van der Waals surface area contributed by atoms with Gasteiger partial charge >= 0.3 is 0 Å². The minimum atomic E-state index is -0.904. The fraction of sp³-hybridized carbons (Fsp3) is 0.235. The van der Waals surface area contributed by atoms with E-state index < -0.39 is 23.8 Å². The van der Waals surface area contributed by atoms with E-state index >= 15 is 0 Å². The van der Waals surface area contributed by atoms with Gasteiger partial charge in [-0.05, 0) is 36.8 Å². The molecule has 24 heavy (non-hydrogen) atoms. The van der Waals surface area contributed by atoms with Gasteiger partial charge in [-0.2, -0.15) is 0 Å². The first-order valence-electron chi connectivity index (χ1n) is 7.46. The summed E-state index contributed by atoms with van der Waals surface area (Å²) in [5.74, 6) is 3.36. The molecule has 0 saturated carbocycles. The maximum atomic E-state index is 14.3. The maximum absolute atomic E-state index is 14.3. The molecule has 0 radical (unpaired) electrons. The molecule has 0 saturated heterocycles. The lowest BCUT2D eigenvalue weighted by molar-refractivity contribution is 0.0953. The fourth-order valence-electron chi connectivity index (χ4n) is 2.33. The molecule has 1 unspecified atom stereocenters. The minimum absolute atomic E-state index is 0.0226. The van der Waals surface area contributed by atoms with E-state index in [-0.39, 0.29) is 17.7 Å². The van der Waals surface area contributed by atoms with Gasteiger partial charge in [-0.3, -0.25) is 10.2 Å². The molecule has 0 fully saturated rings. The number of aliphatic hydroxyl groups excluding tert-OH is 1. The van der Waals surface area contributed by atoms with E-state index in [9.17, 15) is 18.7 Å². The first-order chi connectivity index (χ1) is 11.5. The molecule has 5 nitrogen and oxygen atoms in total. The molecule has 128 valence electrons. The molecule has 0 aliphatic carbocycles. The average molecular weight is 335 g/mol. The number of hydrogen-bond acceptors (Lipinski definition) is 4. The van der Waals surface area contributed by atoms with Crippen molar-refractivity contribution in [2.45, 2.75) is 26.1 Å². The largest absolute Gasteiger partial charge is 0.374 e. The number of amides is 1. The standard InChI is InChI=1S/C17H19F2N3O2/c1-2-16(23)22(14-5-3-4-13(18)9-14)10-12-7-6-11(8-15(12)19)17(24)21-20/h3-9,16,23H,2,10,20H2,1H3,(H,21,24). The number of carbonyl (C=O) groups excluding carboxylic acids is 1. The van der Waals surface area contributed by atoms with Gasteiger partial charge in [0, 0.05) is 23.4 Å². The van der Waals surface area contributed by atoms with Crippen LogP contribution >= 0.6 is 0 Å². The van der Waals surface area contributed by atoms with E-state index in [1.54, 1.807) is 13.0 Å². The van der Waals surface area contributed by atoms with Crippen molar-refractivity contribution < 1.29 is 18.7 Å². The lowest BCUT2D eigenvalue weighted by Crippen LogP contribution is -2.34. The fourth-order valence-corrected chi connectivity index (χ4v) is 2.33. The second-order valence-electron chi connectivity index (χ2n) is 5.28. The van der Waals surface area contributed by atoms with Crippen LogP contribution in [-0.4, -0.2) is 17.2 Å². The first kappa shape index (κ1) is 17.8. The van der Waals surface area contributed by atoms with Crippen LogP contribution in [0.2, 0.25) is 0 Å². The zero-order valence-corrected chi connectivity index (χ0v) is 13.2. The average Bonchev–Trinajstić information content (AvgIpc) is 2.59. The number of hydrazine groups is 1. The summed E-state index contributed by atoms with van der Waals surface area (Å²) in [6.45, 7) is 1.79. The van der Waals surface area contributed by atoms with Gasteiger partial charge in [0.1, 0.15) is 17.9 Å². The van der Waals surface area contributed by atoms with Gasteiger partial charge in [-0.1, -0.05) is 19.1 Å². The topological polar surface area (TPSA) is 78.6 Å². The lowest BCUT2D eigenvalue weighted by atomic mass is 10.1. The van der Waals surface area contributed by atoms with Crippen molar-refractivity contribution in [3.8, 4) is 0 Å². The Kier molecular flexibility index (Phi) is 5.83. The molecular weight excluding hydrogens is 316 g/mol. The highest BCUT2D eigenvalue weighted by atomic mass is 19.1. The molecule has 0 heterocycles. The summed E-state index contributed by atoms with van der Waals surface area (Å²) >= 11 is 0. The van der Waals surface area contributed by atoms with Crippen molar-refractivity contribution in [1.29, 1.82) is 0 Å². The molecule has 1 amide bonds. The van der Waals surface area contributed by atoms with E-state index in [0.717, 1.165) is 6.07 Å². The summed E-state index contributed by atoms with van der Waals surface area (Å²) in [5.41, 5.74) is 2.72. The predicted octanol–water partition coefficient (Wildman–Crippen LogP) is 2.30. The van der Waals surface area contributed by atoms with E-state index in [1.165, 1.54) is 35.2 Å². The molecule has 0 aliphatic rings. The van der Waals surface area contributed by atoms with E-state index in [0.29, 0.717) is 12.1 Å². The van der Waals surface area contributed by atoms with Crippen LogP contribution in [0.25, 0.3) is 0 Å². The molecule has 2 rings (SSSR count).